The van der Waals surface area contributed by atoms with Gasteiger partial charge in [0, 0.05) is 27.7 Å². The molecule has 0 aliphatic rings. The van der Waals surface area contributed by atoms with Gasteiger partial charge in [-0.25, -0.2) is 14.2 Å². The topological polar surface area (TPSA) is 48.5 Å². The van der Waals surface area contributed by atoms with Gasteiger partial charge in [0.1, 0.15) is 11.6 Å². The molecule has 0 bridgehead atoms. The van der Waals surface area contributed by atoms with Crippen molar-refractivity contribution in [2.45, 2.75) is 6.54 Å². The average Bonchev–Trinajstić information content (AvgIpc) is 2.47. The molecule has 0 atom stereocenters. The molecule has 0 aliphatic carbocycles. The fraction of sp³-hybridized carbons (Fsp3) is 0.250. The van der Waals surface area contributed by atoms with Crippen LogP contribution in [0.2, 0.25) is 0 Å². The Labute approximate surface area is 129 Å². The van der Waals surface area contributed by atoms with Crippen molar-refractivity contribution in [2.75, 3.05) is 31.4 Å². The van der Waals surface area contributed by atoms with Crippen molar-refractivity contribution in [3.05, 3.63) is 54.0 Å². The predicted octanol–water partition coefficient (Wildman–Crippen LogP) is 2.95. The van der Waals surface area contributed by atoms with Gasteiger partial charge in [-0.1, -0.05) is 12.1 Å². The molecule has 0 saturated carbocycles. The van der Waals surface area contributed by atoms with Crippen molar-refractivity contribution in [2.24, 2.45) is 0 Å². The number of anilines is 2. The molecule has 0 fully saturated rings. The molecule has 22 heavy (non-hydrogen) atoms. The number of benzene rings is 1. The molecule has 2 amide bonds. The van der Waals surface area contributed by atoms with Crippen LogP contribution in [0.15, 0.2) is 42.6 Å². The largest absolute Gasteiger partial charge is 0.363 e. The molecule has 5 nitrogen and oxygen atoms in total. The highest BCUT2D eigenvalue weighted by atomic mass is 19.1. The Morgan fingerprint density at radius 2 is 2.00 bits per heavy atom. The Balaban J connectivity index is 1.96. The van der Waals surface area contributed by atoms with Crippen LogP contribution in [0.4, 0.5) is 20.7 Å². The summed E-state index contributed by atoms with van der Waals surface area (Å²) in [6, 6.07) is 9.53. The molecule has 2 aromatic rings. The van der Waals surface area contributed by atoms with E-state index in [9.17, 15) is 9.18 Å². The number of aromatic nitrogens is 1. The van der Waals surface area contributed by atoms with Crippen LogP contribution in [0, 0.1) is 5.82 Å². The van der Waals surface area contributed by atoms with E-state index in [4.69, 9.17) is 0 Å². The van der Waals surface area contributed by atoms with Crippen LogP contribution < -0.4 is 10.2 Å². The lowest BCUT2D eigenvalue weighted by Crippen LogP contribution is -2.30. The van der Waals surface area contributed by atoms with E-state index in [0.29, 0.717) is 12.2 Å². The number of urea groups is 1. The summed E-state index contributed by atoms with van der Waals surface area (Å²) in [4.78, 5) is 19.7. The molecule has 1 N–H and O–H groups in total. The zero-order valence-corrected chi connectivity index (χ0v) is 12.9. The van der Waals surface area contributed by atoms with Crippen LogP contribution >= 0.6 is 0 Å². The molecule has 0 saturated heterocycles. The van der Waals surface area contributed by atoms with Gasteiger partial charge in [-0.05, 0) is 29.8 Å². The smallest absolute Gasteiger partial charge is 0.321 e. The van der Waals surface area contributed by atoms with E-state index in [2.05, 4.69) is 10.3 Å². The van der Waals surface area contributed by atoms with E-state index in [0.717, 1.165) is 11.4 Å². The number of amides is 2. The van der Waals surface area contributed by atoms with Crippen LogP contribution in [0.25, 0.3) is 0 Å². The molecule has 0 spiro atoms. The number of hydrogen-bond acceptors (Lipinski definition) is 3. The molecule has 0 radical (unpaired) electrons. The van der Waals surface area contributed by atoms with Crippen LogP contribution in [-0.4, -0.2) is 37.1 Å². The van der Waals surface area contributed by atoms with E-state index in [1.807, 2.05) is 25.1 Å². The van der Waals surface area contributed by atoms with Crippen molar-refractivity contribution in [1.29, 1.82) is 0 Å². The lowest BCUT2D eigenvalue weighted by Gasteiger charge is -2.18. The summed E-state index contributed by atoms with van der Waals surface area (Å²) in [5, 5.41) is 2.75. The minimum atomic E-state index is -0.310. The monoisotopic (exact) mass is 302 g/mol. The summed E-state index contributed by atoms with van der Waals surface area (Å²) < 4.78 is 13.1. The number of nitrogens with zero attached hydrogens (tertiary/aromatic N) is 3. The highest BCUT2D eigenvalue weighted by Gasteiger charge is 2.10. The third-order valence-corrected chi connectivity index (χ3v) is 3.11. The maximum absolute atomic E-state index is 13.1. The van der Waals surface area contributed by atoms with Gasteiger partial charge in [0.2, 0.25) is 0 Å². The Hall–Kier alpha value is -2.63. The molecular formula is C16H19FN4O. The number of nitrogens with one attached hydrogen (secondary N) is 1. The first-order valence-corrected chi connectivity index (χ1v) is 6.85. The summed E-state index contributed by atoms with van der Waals surface area (Å²) in [5.74, 6) is 0.501. The minimum Gasteiger partial charge on any atom is -0.363 e. The summed E-state index contributed by atoms with van der Waals surface area (Å²) in [7, 11) is 5.45. The molecule has 1 heterocycles. The van der Waals surface area contributed by atoms with Gasteiger partial charge >= 0.3 is 6.03 Å². The Bertz CT molecular complexity index is 643. The van der Waals surface area contributed by atoms with Gasteiger partial charge in [0.15, 0.2) is 0 Å². The molecule has 1 aromatic carbocycles. The average molecular weight is 302 g/mol. The zero-order chi connectivity index (χ0) is 16.1. The second kappa shape index (κ2) is 6.89. The normalized spacial score (nSPS) is 10.2. The maximum Gasteiger partial charge on any atom is 0.321 e. The van der Waals surface area contributed by atoms with Gasteiger partial charge < -0.3 is 15.1 Å². The third-order valence-electron chi connectivity index (χ3n) is 3.11. The van der Waals surface area contributed by atoms with Gasteiger partial charge in [0.05, 0.1) is 11.9 Å². The first-order valence-electron chi connectivity index (χ1n) is 6.85. The molecule has 116 valence electrons. The first-order chi connectivity index (χ1) is 10.5. The Morgan fingerprint density at radius 1 is 1.23 bits per heavy atom. The SMILES string of the molecule is CN(Cc1cccc(F)c1)C(=O)Nc1ccc(N(C)C)nc1. The second-order valence-electron chi connectivity index (χ2n) is 5.22. The molecule has 6 heteroatoms. The van der Waals surface area contributed by atoms with E-state index in [-0.39, 0.29) is 11.8 Å². The second-order valence-corrected chi connectivity index (χ2v) is 5.22. The highest BCUT2D eigenvalue weighted by Crippen LogP contribution is 2.13. The minimum absolute atomic E-state index is 0.274. The van der Waals surface area contributed by atoms with Crippen LogP contribution in [-0.2, 0) is 6.54 Å². The third kappa shape index (κ3) is 4.18. The number of pyridine rings is 1. The molecule has 0 unspecified atom stereocenters. The lowest BCUT2D eigenvalue weighted by atomic mass is 10.2. The number of rotatable bonds is 4. The number of halogens is 1. The van der Waals surface area contributed by atoms with Crippen LogP contribution in [0.3, 0.4) is 0 Å². The van der Waals surface area contributed by atoms with E-state index in [1.54, 1.807) is 31.4 Å². The summed E-state index contributed by atoms with van der Waals surface area (Å²) in [5.41, 5.74) is 1.35. The standard InChI is InChI=1S/C16H19FN4O/c1-20(2)15-8-7-14(10-18-15)19-16(22)21(3)11-12-5-4-6-13(17)9-12/h4-10H,11H2,1-3H3,(H,19,22). The van der Waals surface area contributed by atoms with Crippen LogP contribution in [0.1, 0.15) is 5.56 Å². The molecule has 1 aromatic heterocycles. The van der Waals surface area contributed by atoms with E-state index in [1.165, 1.54) is 17.0 Å². The van der Waals surface area contributed by atoms with Gasteiger partial charge in [-0.15, -0.1) is 0 Å². The van der Waals surface area contributed by atoms with Gasteiger partial charge in [0.25, 0.3) is 0 Å². The van der Waals surface area contributed by atoms with Crippen molar-refractivity contribution in [1.82, 2.24) is 9.88 Å². The van der Waals surface area contributed by atoms with Gasteiger partial charge in [-0.2, -0.15) is 0 Å². The predicted molar refractivity (Wildman–Crippen MR) is 85.4 cm³/mol. The molecule has 2 rings (SSSR count). The summed E-state index contributed by atoms with van der Waals surface area (Å²) in [6.07, 6.45) is 1.60. The molecular weight excluding hydrogens is 283 g/mol. The maximum atomic E-state index is 13.1. The summed E-state index contributed by atoms with van der Waals surface area (Å²) >= 11 is 0. The van der Waals surface area contributed by atoms with Crippen molar-refractivity contribution >= 4 is 17.5 Å². The number of hydrogen-bond donors (Lipinski definition) is 1. The summed E-state index contributed by atoms with van der Waals surface area (Å²) in [6.45, 7) is 0.326. The first kappa shape index (κ1) is 15.8. The van der Waals surface area contributed by atoms with Crippen molar-refractivity contribution in [3.8, 4) is 0 Å². The Kier molecular flexibility index (Phi) is 4.93. The van der Waals surface area contributed by atoms with E-state index < -0.39 is 0 Å². The fourth-order valence-corrected chi connectivity index (χ4v) is 1.92. The quantitative estimate of drug-likeness (QED) is 0.944. The lowest BCUT2D eigenvalue weighted by molar-refractivity contribution is 0.220. The Morgan fingerprint density at radius 3 is 2.59 bits per heavy atom. The van der Waals surface area contributed by atoms with Gasteiger partial charge in [-0.3, -0.25) is 0 Å². The van der Waals surface area contributed by atoms with E-state index >= 15 is 0 Å². The number of carbonyl (C=O) groups is 1. The fourth-order valence-electron chi connectivity index (χ4n) is 1.92. The number of carbonyl (C=O) groups excluding carboxylic acids is 1. The highest BCUT2D eigenvalue weighted by molar-refractivity contribution is 5.89. The van der Waals surface area contributed by atoms with Crippen LogP contribution in [0.5, 0.6) is 0 Å². The zero-order valence-electron chi connectivity index (χ0n) is 12.9. The molecule has 0 aliphatic heterocycles. The van der Waals surface area contributed by atoms with Crippen molar-refractivity contribution in [3.63, 3.8) is 0 Å². The van der Waals surface area contributed by atoms with Crippen molar-refractivity contribution < 1.29 is 9.18 Å².